The molecule has 116 valence electrons. The molecular formula is C14H22N4O2S. The fourth-order valence-electron chi connectivity index (χ4n) is 3.13. The summed E-state index contributed by atoms with van der Waals surface area (Å²) >= 11 is 1.19. The first-order valence-electron chi connectivity index (χ1n) is 7.73. The minimum Gasteiger partial charge on any atom is -0.378 e. The Morgan fingerprint density at radius 1 is 1.43 bits per heavy atom. The van der Waals surface area contributed by atoms with Crippen molar-refractivity contribution in [2.24, 2.45) is 0 Å². The van der Waals surface area contributed by atoms with Gasteiger partial charge in [-0.2, -0.15) is 0 Å². The van der Waals surface area contributed by atoms with Crippen LogP contribution in [0.5, 0.6) is 0 Å². The van der Waals surface area contributed by atoms with Crippen LogP contribution in [-0.2, 0) is 11.2 Å². The first kappa shape index (κ1) is 14.9. The smallest absolute Gasteiger partial charge is 0.265 e. The van der Waals surface area contributed by atoms with Gasteiger partial charge in [0.25, 0.3) is 5.91 Å². The lowest BCUT2D eigenvalue weighted by Gasteiger charge is -2.27. The van der Waals surface area contributed by atoms with E-state index in [1.807, 2.05) is 0 Å². The summed E-state index contributed by atoms with van der Waals surface area (Å²) in [5, 5.41) is 7.20. The number of aromatic nitrogens is 2. The fraction of sp³-hybridized carbons (Fsp3) is 0.786. The molecule has 0 radical (unpaired) electrons. The van der Waals surface area contributed by atoms with Crippen molar-refractivity contribution in [3.63, 3.8) is 0 Å². The quantitative estimate of drug-likeness (QED) is 0.881. The van der Waals surface area contributed by atoms with Gasteiger partial charge in [-0.15, -0.1) is 5.10 Å². The number of carbonyl (C=O) groups excluding carboxylic acids is 1. The van der Waals surface area contributed by atoms with Crippen molar-refractivity contribution >= 4 is 17.4 Å². The zero-order valence-corrected chi connectivity index (χ0v) is 13.2. The third kappa shape index (κ3) is 3.25. The van der Waals surface area contributed by atoms with E-state index in [9.17, 15) is 4.79 Å². The highest BCUT2D eigenvalue weighted by atomic mass is 32.1. The van der Waals surface area contributed by atoms with Crippen molar-refractivity contribution in [3.05, 3.63) is 10.6 Å². The molecule has 2 atom stereocenters. The maximum atomic E-state index is 12.5. The molecule has 1 amide bonds. The number of rotatable bonds is 5. The van der Waals surface area contributed by atoms with E-state index in [4.69, 9.17) is 4.74 Å². The van der Waals surface area contributed by atoms with E-state index in [1.54, 1.807) is 0 Å². The second kappa shape index (κ2) is 6.81. The average molecular weight is 310 g/mol. The molecular weight excluding hydrogens is 288 g/mol. The number of amides is 1. The lowest BCUT2D eigenvalue weighted by atomic mass is 10.1. The van der Waals surface area contributed by atoms with Crippen LogP contribution in [0.25, 0.3) is 0 Å². The molecule has 2 saturated heterocycles. The maximum absolute atomic E-state index is 12.5. The summed E-state index contributed by atoms with van der Waals surface area (Å²) in [6.07, 6.45) is 4.26. The van der Waals surface area contributed by atoms with Crippen molar-refractivity contribution in [1.29, 1.82) is 0 Å². The van der Waals surface area contributed by atoms with Gasteiger partial charge in [-0.25, -0.2) is 0 Å². The number of likely N-dealkylation sites (tertiary alicyclic amines) is 1. The van der Waals surface area contributed by atoms with Gasteiger partial charge in [0.15, 0.2) is 0 Å². The Kier molecular flexibility index (Phi) is 4.82. The van der Waals surface area contributed by atoms with E-state index in [-0.39, 0.29) is 11.9 Å². The van der Waals surface area contributed by atoms with Gasteiger partial charge in [0, 0.05) is 0 Å². The fourth-order valence-corrected chi connectivity index (χ4v) is 3.74. The van der Waals surface area contributed by atoms with Gasteiger partial charge in [-0.1, -0.05) is 17.8 Å². The monoisotopic (exact) mass is 310 g/mol. The van der Waals surface area contributed by atoms with Crippen LogP contribution in [0, 0.1) is 0 Å². The van der Waals surface area contributed by atoms with Gasteiger partial charge < -0.3 is 10.1 Å². The third-order valence-electron chi connectivity index (χ3n) is 4.23. The standard InChI is InChI=1S/C14H22N4O2S/c1-2-5-10-13(21-17-16-10)14(19)15-11-8-20-9-12(11)18-6-3-4-7-18/h11-12H,2-9H2,1H3,(H,15,19)/t11-,12-/m0/s1. The van der Waals surface area contributed by atoms with Crippen LogP contribution in [0.4, 0.5) is 0 Å². The molecule has 1 N–H and O–H groups in total. The second-order valence-corrected chi connectivity index (χ2v) is 6.48. The van der Waals surface area contributed by atoms with Crippen LogP contribution in [0.2, 0.25) is 0 Å². The molecule has 1 aromatic heterocycles. The van der Waals surface area contributed by atoms with Gasteiger partial charge in [-0.3, -0.25) is 9.69 Å². The summed E-state index contributed by atoms with van der Waals surface area (Å²) in [6.45, 7) is 5.62. The van der Waals surface area contributed by atoms with Gasteiger partial charge in [0.05, 0.1) is 31.0 Å². The molecule has 0 aliphatic carbocycles. The van der Waals surface area contributed by atoms with Gasteiger partial charge in [0.2, 0.25) is 0 Å². The summed E-state index contributed by atoms with van der Waals surface area (Å²) in [4.78, 5) is 15.6. The SMILES string of the molecule is CCCc1nnsc1C(=O)N[C@H]1COC[C@@H]1N1CCCC1. The lowest BCUT2D eigenvalue weighted by Crippen LogP contribution is -2.50. The highest BCUT2D eigenvalue weighted by Crippen LogP contribution is 2.20. The van der Waals surface area contributed by atoms with E-state index in [2.05, 4.69) is 26.7 Å². The van der Waals surface area contributed by atoms with E-state index >= 15 is 0 Å². The molecule has 6 nitrogen and oxygen atoms in total. The van der Waals surface area contributed by atoms with E-state index in [1.165, 1.54) is 24.4 Å². The molecule has 1 aromatic rings. The van der Waals surface area contributed by atoms with Gasteiger partial charge >= 0.3 is 0 Å². The molecule has 2 aliphatic rings. The molecule has 7 heteroatoms. The first-order chi connectivity index (χ1) is 10.3. The minimum absolute atomic E-state index is 0.0480. The zero-order valence-electron chi connectivity index (χ0n) is 12.4. The number of hydrogen-bond donors (Lipinski definition) is 1. The Labute approximate surface area is 129 Å². The largest absolute Gasteiger partial charge is 0.378 e. The molecule has 0 aromatic carbocycles. The normalized spacial score (nSPS) is 26.3. The lowest BCUT2D eigenvalue weighted by molar-refractivity contribution is 0.0919. The minimum atomic E-state index is -0.0480. The molecule has 2 aliphatic heterocycles. The van der Waals surface area contributed by atoms with Crippen LogP contribution in [0.3, 0.4) is 0 Å². The number of hydrogen-bond acceptors (Lipinski definition) is 6. The van der Waals surface area contributed by atoms with Crippen molar-refractivity contribution in [3.8, 4) is 0 Å². The summed E-state index contributed by atoms with van der Waals surface area (Å²) in [5.74, 6) is -0.0480. The van der Waals surface area contributed by atoms with Crippen LogP contribution in [0.1, 0.15) is 41.6 Å². The third-order valence-corrected chi connectivity index (χ3v) is 4.99. The van der Waals surface area contributed by atoms with E-state index < -0.39 is 0 Å². The molecule has 0 saturated carbocycles. The van der Waals surface area contributed by atoms with Crippen LogP contribution in [-0.4, -0.2) is 58.8 Å². The van der Waals surface area contributed by atoms with Crippen molar-refractivity contribution in [1.82, 2.24) is 19.8 Å². The predicted molar refractivity (Wildman–Crippen MR) is 80.6 cm³/mol. The topological polar surface area (TPSA) is 67.3 Å². The number of aryl methyl sites for hydroxylation is 1. The van der Waals surface area contributed by atoms with Crippen LogP contribution in [0.15, 0.2) is 0 Å². The number of ether oxygens (including phenoxy) is 1. The summed E-state index contributed by atoms with van der Waals surface area (Å²) in [5.41, 5.74) is 0.816. The first-order valence-corrected chi connectivity index (χ1v) is 8.50. The number of nitrogens with one attached hydrogen (secondary N) is 1. The van der Waals surface area contributed by atoms with Crippen LogP contribution >= 0.6 is 11.5 Å². The molecule has 0 spiro atoms. The van der Waals surface area contributed by atoms with E-state index in [0.29, 0.717) is 24.1 Å². The van der Waals surface area contributed by atoms with Gasteiger partial charge in [0.1, 0.15) is 4.88 Å². The molecule has 3 rings (SSSR count). The highest BCUT2D eigenvalue weighted by Gasteiger charge is 2.35. The Balaban J connectivity index is 1.64. The Morgan fingerprint density at radius 3 is 3.00 bits per heavy atom. The summed E-state index contributed by atoms with van der Waals surface area (Å²) < 4.78 is 9.52. The highest BCUT2D eigenvalue weighted by molar-refractivity contribution is 7.08. The maximum Gasteiger partial charge on any atom is 0.265 e. The Morgan fingerprint density at radius 2 is 2.24 bits per heavy atom. The Hall–Kier alpha value is -1.05. The molecule has 0 unspecified atom stereocenters. The molecule has 21 heavy (non-hydrogen) atoms. The Bertz CT molecular complexity index is 487. The average Bonchev–Trinajstić information content (AvgIpc) is 3.19. The summed E-state index contributed by atoms with van der Waals surface area (Å²) in [7, 11) is 0. The van der Waals surface area contributed by atoms with Gasteiger partial charge in [-0.05, 0) is 43.9 Å². The molecule has 2 fully saturated rings. The zero-order chi connectivity index (χ0) is 14.7. The number of nitrogens with zero attached hydrogens (tertiary/aromatic N) is 3. The molecule has 3 heterocycles. The second-order valence-electron chi connectivity index (χ2n) is 5.73. The molecule has 0 bridgehead atoms. The van der Waals surface area contributed by atoms with Crippen molar-refractivity contribution in [2.45, 2.75) is 44.7 Å². The van der Waals surface area contributed by atoms with Crippen LogP contribution < -0.4 is 5.32 Å². The predicted octanol–water partition coefficient (Wildman–Crippen LogP) is 1.08. The summed E-state index contributed by atoms with van der Waals surface area (Å²) in [6, 6.07) is 0.388. The van der Waals surface area contributed by atoms with E-state index in [0.717, 1.165) is 31.6 Å². The number of carbonyl (C=O) groups is 1. The van der Waals surface area contributed by atoms with Crippen molar-refractivity contribution in [2.75, 3.05) is 26.3 Å². The van der Waals surface area contributed by atoms with Crippen molar-refractivity contribution < 1.29 is 9.53 Å².